The molecule has 0 fully saturated rings. The monoisotopic (exact) mass is 300 g/mol. The van der Waals surface area contributed by atoms with Gasteiger partial charge in [-0.05, 0) is 12.5 Å². The Kier molecular flexibility index (Phi) is 5.97. The van der Waals surface area contributed by atoms with Crippen LogP contribution in [0.15, 0.2) is 24.3 Å². The first-order valence-corrected chi connectivity index (χ1v) is 8.22. The largest absolute Gasteiger partial charge is 0.496 e. The summed E-state index contributed by atoms with van der Waals surface area (Å²) in [6, 6.07) is 6.47. The van der Waals surface area contributed by atoms with Crippen LogP contribution in [0.5, 0.6) is 5.75 Å². The predicted molar refractivity (Wildman–Crippen MR) is 77.1 cm³/mol. The zero-order valence-corrected chi connectivity index (χ0v) is 12.4. The van der Waals surface area contributed by atoms with Crippen molar-refractivity contribution in [2.75, 3.05) is 19.1 Å². The SMILES string of the molecule is COc1ccccc1CNC(=O)C(N)CCS(C)(=O)=O. The number of carbonyl (C=O) groups is 1. The molecule has 0 spiro atoms. The van der Waals surface area contributed by atoms with Gasteiger partial charge in [0.05, 0.1) is 18.9 Å². The molecule has 7 heteroatoms. The van der Waals surface area contributed by atoms with Crippen molar-refractivity contribution in [2.24, 2.45) is 5.73 Å². The van der Waals surface area contributed by atoms with Crippen molar-refractivity contribution in [3.63, 3.8) is 0 Å². The van der Waals surface area contributed by atoms with Crippen LogP contribution in [0.2, 0.25) is 0 Å². The van der Waals surface area contributed by atoms with E-state index in [-0.39, 0.29) is 24.6 Å². The van der Waals surface area contributed by atoms with Gasteiger partial charge in [-0.3, -0.25) is 4.79 Å². The molecule has 3 N–H and O–H groups in total. The third-order valence-corrected chi connectivity index (χ3v) is 3.76. The summed E-state index contributed by atoms with van der Waals surface area (Å²) in [5, 5.41) is 2.67. The average Bonchev–Trinajstić information content (AvgIpc) is 2.41. The molecule has 1 amide bonds. The van der Waals surface area contributed by atoms with Gasteiger partial charge in [-0.1, -0.05) is 18.2 Å². The maximum Gasteiger partial charge on any atom is 0.237 e. The molecule has 0 saturated carbocycles. The fraction of sp³-hybridized carbons (Fsp3) is 0.462. The third kappa shape index (κ3) is 5.58. The predicted octanol–water partition coefficient (Wildman–Crippen LogP) is 0.0734. The molecule has 20 heavy (non-hydrogen) atoms. The number of nitrogens with two attached hydrogens (primary N) is 1. The fourth-order valence-electron chi connectivity index (χ4n) is 1.63. The molecule has 6 nitrogen and oxygen atoms in total. The standard InChI is InChI=1S/C13H20N2O4S/c1-19-12-6-4-3-5-10(12)9-15-13(16)11(14)7-8-20(2,17)18/h3-6,11H,7-9,14H2,1-2H3,(H,15,16). The zero-order chi connectivity index (χ0) is 15.2. The van der Waals surface area contributed by atoms with Crippen LogP contribution in [0.3, 0.4) is 0 Å². The number of ether oxygens (including phenoxy) is 1. The highest BCUT2D eigenvalue weighted by atomic mass is 32.2. The van der Waals surface area contributed by atoms with E-state index in [2.05, 4.69) is 5.32 Å². The molecule has 0 saturated heterocycles. The summed E-state index contributed by atoms with van der Waals surface area (Å²) in [7, 11) is -1.56. The van der Waals surface area contributed by atoms with Gasteiger partial charge in [-0.25, -0.2) is 8.42 Å². The number of hydrogen-bond acceptors (Lipinski definition) is 5. The molecule has 1 rings (SSSR count). The van der Waals surface area contributed by atoms with Crippen molar-refractivity contribution < 1.29 is 17.9 Å². The Morgan fingerprint density at radius 2 is 2.05 bits per heavy atom. The summed E-state index contributed by atoms with van der Waals surface area (Å²) in [5.74, 6) is 0.202. The topological polar surface area (TPSA) is 98.5 Å². The maximum atomic E-state index is 11.8. The summed E-state index contributed by atoms with van der Waals surface area (Å²) in [6.45, 7) is 0.287. The van der Waals surface area contributed by atoms with Gasteiger partial charge in [0.2, 0.25) is 5.91 Å². The lowest BCUT2D eigenvalue weighted by molar-refractivity contribution is -0.122. The summed E-state index contributed by atoms with van der Waals surface area (Å²) < 4.78 is 27.2. The molecule has 0 aliphatic carbocycles. The van der Waals surface area contributed by atoms with Crippen molar-refractivity contribution in [1.29, 1.82) is 0 Å². The van der Waals surface area contributed by atoms with Crippen molar-refractivity contribution >= 4 is 15.7 Å². The number of hydrogen-bond donors (Lipinski definition) is 2. The van der Waals surface area contributed by atoms with Crippen LogP contribution >= 0.6 is 0 Å². The second-order valence-corrected chi connectivity index (χ2v) is 6.81. The molecule has 1 aromatic carbocycles. The van der Waals surface area contributed by atoms with Crippen LogP contribution in [0, 0.1) is 0 Å². The second kappa shape index (κ2) is 7.25. The Balaban J connectivity index is 2.50. The van der Waals surface area contributed by atoms with E-state index in [1.807, 2.05) is 18.2 Å². The van der Waals surface area contributed by atoms with Crippen LogP contribution in [-0.2, 0) is 21.2 Å². The average molecular weight is 300 g/mol. The van der Waals surface area contributed by atoms with Crippen LogP contribution < -0.4 is 15.8 Å². The van der Waals surface area contributed by atoms with Gasteiger partial charge in [-0.15, -0.1) is 0 Å². The van der Waals surface area contributed by atoms with Gasteiger partial charge in [-0.2, -0.15) is 0 Å². The van der Waals surface area contributed by atoms with E-state index in [9.17, 15) is 13.2 Å². The van der Waals surface area contributed by atoms with Gasteiger partial charge >= 0.3 is 0 Å². The Morgan fingerprint density at radius 1 is 1.40 bits per heavy atom. The zero-order valence-electron chi connectivity index (χ0n) is 11.6. The minimum Gasteiger partial charge on any atom is -0.496 e. The normalized spacial score (nSPS) is 12.8. The van der Waals surface area contributed by atoms with Crippen LogP contribution in [0.4, 0.5) is 0 Å². The van der Waals surface area contributed by atoms with Crippen LogP contribution in [-0.4, -0.2) is 39.5 Å². The Labute approximate surface area is 119 Å². The number of para-hydroxylation sites is 1. The van der Waals surface area contributed by atoms with Crippen molar-refractivity contribution in [1.82, 2.24) is 5.32 Å². The Hall–Kier alpha value is -1.60. The molecule has 0 radical (unpaired) electrons. The fourth-order valence-corrected chi connectivity index (χ4v) is 2.32. The lowest BCUT2D eigenvalue weighted by Crippen LogP contribution is -2.41. The first kappa shape index (κ1) is 16.5. The van der Waals surface area contributed by atoms with E-state index in [1.54, 1.807) is 13.2 Å². The van der Waals surface area contributed by atoms with E-state index in [0.29, 0.717) is 5.75 Å². The van der Waals surface area contributed by atoms with E-state index in [4.69, 9.17) is 10.5 Å². The highest BCUT2D eigenvalue weighted by Gasteiger charge is 2.16. The highest BCUT2D eigenvalue weighted by molar-refractivity contribution is 7.90. The number of nitrogens with one attached hydrogen (secondary N) is 1. The summed E-state index contributed by atoms with van der Waals surface area (Å²) in [4.78, 5) is 11.8. The van der Waals surface area contributed by atoms with Gasteiger partial charge in [0.15, 0.2) is 0 Å². The minimum absolute atomic E-state index is 0.101. The van der Waals surface area contributed by atoms with Crippen LogP contribution in [0.1, 0.15) is 12.0 Å². The molecule has 0 aliphatic rings. The van der Waals surface area contributed by atoms with Gasteiger partial charge in [0.1, 0.15) is 15.6 Å². The number of benzene rings is 1. The second-order valence-electron chi connectivity index (χ2n) is 4.55. The third-order valence-electron chi connectivity index (χ3n) is 2.78. The van der Waals surface area contributed by atoms with Crippen molar-refractivity contribution in [3.8, 4) is 5.75 Å². The quantitative estimate of drug-likeness (QED) is 0.742. The maximum absolute atomic E-state index is 11.8. The molecule has 0 heterocycles. The summed E-state index contributed by atoms with van der Waals surface area (Å²) >= 11 is 0. The molecule has 112 valence electrons. The number of amides is 1. The Morgan fingerprint density at radius 3 is 2.65 bits per heavy atom. The molecule has 1 unspecified atom stereocenters. The van der Waals surface area contributed by atoms with Crippen molar-refractivity contribution in [3.05, 3.63) is 29.8 Å². The van der Waals surface area contributed by atoms with E-state index < -0.39 is 15.9 Å². The molecule has 0 aromatic heterocycles. The summed E-state index contributed by atoms with van der Waals surface area (Å²) in [5.41, 5.74) is 6.48. The molecule has 0 bridgehead atoms. The molecule has 0 aliphatic heterocycles. The Bertz CT molecular complexity index is 557. The van der Waals surface area contributed by atoms with Gasteiger partial charge < -0.3 is 15.8 Å². The number of carbonyl (C=O) groups excluding carboxylic acids is 1. The number of methoxy groups -OCH3 is 1. The minimum atomic E-state index is -3.11. The van der Waals surface area contributed by atoms with Gasteiger partial charge in [0, 0.05) is 18.4 Å². The van der Waals surface area contributed by atoms with E-state index in [0.717, 1.165) is 11.8 Å². The van der Waals surface area contributed by atoms with E-state index in [1.165, 1.54) is 0 Å². The van der Waals surface area contributed by atoms with Crippen LogP contribution in [0.25, 0.3) is 0 Å². The first-order chi connectivity index (χ1) is 9.33. The highest BCUT2D eigenvalue weighted by Crippen LogP contribution is 2.16. The molecular weight excluding hydrogens is 280 g/mol. The number of sulfone groups is 1. The summed E-state index contributed by atoms with van der Waals surface area (Å²) in [6.07, 6.45) is 1.23. The molecule has 1 aromatic rings. The van der Waals surface area contributed by atoms with Gasteiger partial charge in [0.25, 0.3) is 0 Å². The van der Waals surface area contributed by atoms with Crippen molar-refractivity contribution in [2.45, 2.75) is 19.0 Å². The lowest BCUT2D eigenvalue weighted by Gasteiger charge is -2.13. The van der Waals surface area contributed by atoms with E-state index >= 15 is 0 Å². The number of rotatable bonds is 7. The first-order valence-electron chi connectivity index (χ1n) is 6.16. The molecule has 1 atom stereocenters. The lowest BCUT2D eigenvalue weighted by atomic mass is 10.2. The smallest absolute Gasteiger partial charge is 0.237 e. The molecular formula is C13H20N2O4S.